The highest BCUT2D eigenvalue weighted by Crippen LogP contribution is 2.13. The minimum Gasteiger partial charge on any atom is -0.341 e. The molecule has 1 unspecified atom stereocenters. The highest BCUT2D eigenvalue weighted by molar-refractivity contribution is 5.83. The van der Waals surface area contributed by atoms with Crippen molar-refractivity contribution in [1.29, 1.82) is 0 Å². The summed E-state index contributed by atoms with van der Waals surface area (Å²) < 4.78 is 0. The second kappa shape index (κ2) is 6.89. The molecule has 0 aromatic rings. The highest BCUT2D eigenvalue weighted by atomic mass is 16.2. The number of likely N-dealkylation sites (tertiary alicyclic amines) is 1. The van der Waals surface area contributed by atoms with Crippen molar-refractivity contribution in [2.24, 2.45) is 11.7 Å². The molecule has 0 aromatic heterocycles. The van der Waals surface area contributed by atoms with Crippen LogP contribution in [0.5, 0.6) is 0 Å². The maximum Gasteiger partial charge on any atom is 0.239 e. The van der Waals surface area contributed by atoms with E-state index >= 15 is 0 Å². The van der Waals surface area contributed by atoms with Gasteiger partial charge in [-0.15, -0.1) is 0 Å². The number of hydrogen-bond acceptors (Lipinski definition) is 2. The monoisotopic (exact) mass is 226 g/mol. The molecule has 94 valence electrons. The lowest BCUT2D eigenvalue weighted by molar-refractivity contribution is -0.128. The van der Waals surface area contributed by atoms with Crippen LogP contribution in [0, 0.1) is 5.92 Å². The zero-order valence-corrected chi connectivity index (χ0v) is 10.7. The molecule has 1 aliphatic heterocycles. The largest absolute Gasteiger partial charge is 0.341 e. The van der Waals surface area contributed by atoms with Gasteiger partial charge >= 0.3 is 0 Å². The molecule has 0 spiro atoms. The third-order valence-corrected chi connectivity index (χ3v) is 3.30. The number of carbonyl (C=O) groups excluding carboxylic acids is 1. The summed E-state index contributed by atoms with van der Waals surface area (Å²) in [5, 5.41) is 0. The molecule has 1 rings (SSSR count). The van der Waals surface area contributed by atoms with Crippen LogP contribution >= 0.6 is 0 Å². The quantitative estimate of drug-likeness (QED) is 0.676. The van der Waals surface area contributed by atoms with Crippen LogP contribution in [0.1, 0.15) is 52.4 Å². The van der Waals surface area contributed by atoms with E-state index in [1.54, 1.807) is 0 Å². The normalized spacial score (nSPS) is 21.1. The Labute approximate surface area is 99.4 Å². The summed E-state index contributed by atoms with van der Waals surface area (Å²) in [5.74, 6) is 0.973. The summed E-state index contributed by atoms with van der Waals surface area (Å²) in [6.07, 6.45) is 7.17. The molecule has 1 fully saturated rings. The number of unbranched alkanes of at least 4 members (excludes halogenated alkanes) is 3. The fourth-order valence-electron chi connectivity index (χ4n) is 2.19. The van der Waals surface area contributed by atoms with Gasteiger partial charge in [-0.05, 0) is 18.8 Å². The smallest absolute Gasteiger partial charge is 0.239 e. The van der Waals surface area contributed by atoms with Gasteiger partial charge in [0.2, 0.25) is 5.91 Å². The van der Waals surface area contributed by atoms with Crippen LogP contribution < -0.4 is 5.73 Å². The molecule has 1 atom stereocenters. The molecule has 1 amide bonds. The number of nitrogens with zero attached hydrogens (tertiary/aromatic N) is 1. The van der Waals surface area contributed by atoms with Crippen molar-refractivity contribution in [2.75, 3.05) is 13.1 Å². The van der Waals surface area contributed by atoms with E-state index in [1.165, 1.54) is 25.7 Å². The number of amides is 1. The van der Waals surface area contributed by atoms with E-state index in [2.05, 4.69) is 13.8 Å². The van der Waals surface area contributed by atoms with Crippen molar-refractivity contribution >= 4 is 5.91 Å². The summed E-state index contributed by atoms with van der Waals surface area (Å²) >= 11 is 0. The van der Waals surface area contributed by atoms with Gasteiger partial charge in [0.15, 0.2) is 0 Å². The van der Waals surface area contributed by atoms with E-state index in [0.29, 0.717) is 0 Å². The second-order valence-electron chi connectivity index (χ2n) is 5.32. The summed E-state index contributed by atoms with van der Waals surface area (Å²) in [6, 6.07) is -0.221. The summed E-state index contributed by atoms with van der Waals surface area (Å²) in [4.78, 5) is 13.4. The summed E-state index contributed by atoms with van der Waals surface area (Å²) in [6.45, 7) is 6.31. The summed E-state index contributed by atoms with van der Waals surface area (Å²) in [7, 11) is 0. The lowest BCUT2D eigenvalue weighted by Gasteiger charge is -2.15. The fourth-order valence-corrected chi connectivity index (χ4v) is 2.19. The SMILES string of the molecule is CC(C)CCCCCCN1CCC(N)C1=O. The first-order valence-corrected chi connectivity index (χ1v) is 6.65. The van der Waals surface area contributed by atoms with Crippen LogP contribution in [-0.2, 0) is 4.79 Å². The van der Waals surface area contributed by atoms with Crippen LogP contribution in [0.4, 0.5) is 0 Å². The number of hydrogen-bond donors (Lipinski definition) is 1. The van der Waals surface area contributed by atoms with Gasteiger partial charge < -0.3 is 10.6 Å². The van der Waals surface area contributed by atoms with Gasteiger partial charge in [-0.25, -0.2) is 0 Å². The summed E-state index contributed by atoms with van der Waals surface area (Å²) in [5.41, 5.74) is 5.66. The van der Waals surface area contributed by atoms with Crippen LogP contribution in [0.3, 0.4) is 0 Å². The molecule has 2 N–H and O–H groups in total. The predicted molar refractivity (Wildman–Crippen MR) is 67.1 cm³/mol. The third-order valence-electron chi connectivity index (χ3n) is 3.30. The van der Waals surface area contributed by atoms with Gasteiger partial charge in [-0.2, -0.15) is 0 Å². The number of rotatable bonds is 7. The molecular weight excluding hydrogens is 200 g/mol. The first-order valence-electron chi connectivity index (χ1n) is 6.65. The van der Waals surface area contributed by atoms with Crippen molar-refractivity contribution in [3.8, 4) is 0 Å². The molecule has 0 saturated carbocycles. The maximum atomic E-state index is 11.5. The molecule has 3 heteroatoms. The van der Waals surface area contributed by atoms with E-state index in [9.17, 15) is 4.79 Å². The van der Waals surface area contributed by atoms with Gasteiger partial charge in [0.25, 0.3) is 0 Å². The first-order chi connectivity index (χ1) is 7.61. The Morgan fingerprint density at radius 2 is 2.00 bits per heavy atom. The third kappa shape index (κ3) is 4.52. The Morgan fingerprint density at radius 1 is 1.31 bits per heavy atom. The fraction of sp³-hybridized carbons (Fsp3) is 0.923. The molecule has 0 aromatic carbocycles. The van der Waals surface area contributed by atoms with Gasteiger partial charge in [0.05, 0.1) is 6.04 Å². The van der Waals surface area contributed by atoms with Crippen LogP contribution in [-0.4, -0.2) is 29.9 Å². The molecule has 3 nitrogen and oxygen atoms in total. The van der Waals surface area contributed by atoms with E-state index < -0.39 is 0 Å². The Balaban J connectivity index is 1.97. The Morgan fingerprint density at radius 3 is 2.56 bits per heavy atom. The predicted octanol–water partition coefficient (Wildman–Crippen LogP) is 2.15. The average Bonchev–Trinajstić information content (AvgIpc) is 2.54. The maximum absolute atomic E-state index is 11.5. The molecular formula is C13H26N2O. The molecule has 0 radical (unpaired) electrons. The van der Waals surface area contributed by atoms with E-state index in [4.69, 9.17) is 5.73 Å². The van der Waals surface area contributed by atoms with Crippen molar-refractivity contribution in [3.63, 3.8) is 0 Å². The minimum absolute atomic E-state index is 0.155. The molecule has 0 aliphatic carbocycles. The van der Waals surface area contributed by atoms with Crippen molar-refractivity contribution in [2.45, 2.75) is 58.4 Å². The van der Waals surface area contributed by atoms with Gasteiger partial charge in [0, 0.05) is 13.1 Å². The molecule has 1 aliphatic rings. The van der Waals surface area contributed by atoms with E-state index in [1.807, 2.05) is 4.90 Å². The van der Waals surface area contributed by atoms with Gasteiger partial charge in [-0.1, -0.05) is 39.5 Å². The Hall–Kier alpha value is -0.570. The topological polar surface area (TPSA) is 46.3 Å². The van der Waals surface area contributed by atoms with E-state index in [0.717, 1.165) is 31.8 Å². The van der Waals surface area contributed by atoms with E-state index in [-0.39, 0.29) is 11.9 Å². The number of carbonyl (C=O) groups is 1. The minimum atomic E-state index is -0.221. The molecule has 1 saturated heterocycles. The van der Waals surface area contributed by atoms with Crippen LogP contribution in [0.2, 0.25) is 0 Å². The molecule has 1 heterocycles. The zero-order valence-electron chi connectivity index (χ0n) is 10.7. The van der Waals surface area contributed by atoms with Crippen molar-refractivity contribution < 1.29 is 4.79 Å². The second-order valence-corrected chi connectivity index (χ2v) is 5.32. The lowest BCUT2D eigenvalue weighted by atomic mass is 10.0. The first kappa shape index (κ1) is 13.5. The van der Waals surface area contributed by atoms with Crippen molar-refractivity contribution in [1.82, 2.24) is 4.90 Å². The number of nitrogens with two attached hydrogens (primary N) is 1. The van der Waals surface area contributed by atoms with Crippen LogP contribution in [0.25, 0.3) is 0 Å². The average molecular weight is 226 g/mol. The van der Waals surface area contributed by atoms with Gasteiger partial charge in [-0.3, -0.25) is 4.79 Å². The Kier molecular flexibility index (Phi) is 5.81. The Bertz CT molecular complexity index is 216. The standard InChI is InChI=1S/C13H26N2O/c1-11(2)7-5-3-4-6-9-15-10-8-12(14)13(15)16/h11-12H,3-10,14H2,1-2H3. The van der Waals surface area contributed by atoms with Crippen LogP contribution in [0.15, 0.2) is 0 Å². The van der Waals surface area contributed by atoms with Gasteiger partial charge in [0.1, 0.15) is 0 Å². The molecule has 0 bridgehead atoms. The zero-order chi connectivity index (χ0) is 12.0. The van der Waals surface area contributed by atoms with Crippen molar-refractivity contribution in [3.05, 3.63) is 0 Å². The highest BCUT2D eigenvalue weighted by Gasteiger charge is 2.27. The molecule has 16 heavy (non-hydrogen) atoms. The lowest BCUT2D eigenvalue weighted by Crippen LogP contribution is -2.34.